The van der Waals surface area contributed by atoms with Crippen LogP contribution in [0, 0.1) is 11.7 Å². The van der Waals surface area contributed by atoms with Crippen molar-refractivity contribution in [2.45, 2.75) is 55.7 Å². The van der Waals surface area contributed by atoms with E-state index >= 15 is 0 Å². The second-order valence-corrected chi connectivity index (χ2v) is 11.2. The minimum Gasteiger partial charge on any atom is -0.394 e. The van der Waals surface area contributed by atoms with E-state index in [9.17, 15) is 24.2 Å². The van der Waals surface area contributed by atoms with E-state index in [1.165, 1.54) is 0 Å². The summed E-state index contributed by atoms with van der Waals surface area (Å²) < 4.78 is 22.4. The average Bonchev–Trinajstić information content (AvgIpc) is 3.66. The lowest BCUT2D eigenvalue weighted by Crippen LogP contribution is -2.54. The summed E-state index contributed by atoms with van der Waals surface area (Å²) in [4.78, 5) is 32.4. The third kappa shape index (κ3) is 4.49. The molecule has 4 aliphatic rings. The normalized spacial score (nSPS) is 30.2. The van der Waals surface area contributed by atoms with Crippen LogP contribution >= 0.6 is 0 Å². The molecule has 0 spiro atoms. The number of ether oxygens (including phenoxy) is 1. The van der Waals surface area contributed by atoms with Crippen molar-refractivity contribution in [3.63, 3.8) is 0 Å². The van der Waals surface area contributed by atoms with Gasteiger partial charge in [-0.1, -0.05) is 23.4 Å². The maximum absolute atomic E-state index is 13.9. The van der Waals surface area contributed by atoms with Gasteiger partial charge in [-0.05, 0) is 43.0 Å². The summed E-state index contributed by atoms with van der Waals surface area (Å²) >= 11 is 0. The number of rotatable bonds is 6. The number of nitrogens with one attached hydrogen (secondary N) is 1. The van der Waals surface area contributed by atoms with Gasteiger partial charge >= 0.3 is 5.69 Å². The largest absolute Gasteiger partial charge is 0.394 e. The number of H-pyrrole nitrogens is 1. The van der Waals surface area contributed by atoms with E-state index in [2.05, 4.69) is 20.2 Å². The third-order valence-electron chi connectivity index (χ3n) is 9.03. The van der Waals surface area contributed by atoms with Crippen molar-refractivity contribution < 1.29 is 19.3 Å². The molecule has 7 heterocycles. The fourth-order valence-electron chi connectivity index (χ4n) is 6.94. The number of hydrogen-bond donors (Lipinski definition) is 3. The van der Waals surface area contributed by atoms with Crippen molar-refractivity contribution in [3.8, 4) is 0 Å². The fourth-order valence-corrected chi connectivity index (χ4v) is 6.94. The second-order valence-electron chi connectivity index (χ2n) is 11.2. The molecule has 2 bridgehead atoms. The molecule has 8 atom stereocenters. The first-order chi connectivity index (χ1) is 19.9. The number of piperidine rings is 3. The molecule has 3 aromatic heterocycles. The zero-order chi connectivity index (χ0) is 28.2. The average molecular weight is 564 g/mol. The molecule has 6 unspecified atom stereocenters. The topological polar surface area (TPSA) is 151 Å². The standard InChI is InChI=1S/C28H30FN7O5/c29-19-12-35(28(40)31-27(19)39)25-10-22(24(14-37)41-25)36-13-21(32-33-36)18-11-34-8-6-15(18)9-23(34)26(38)17-5-7-30-20-4-2-1-3-16(17)20/h1-5,7,12-13,15,18,22-26,37-38H,6,8-11,14H2,(H,31,39,40)/t15?,18?,22?,23-,24?,25?,26+/m0/s1. The van der Waals surface area contributed by atoms with Crippen LogP contribution in [0.1, 0.15) is 54.8 Å². The Morgan fingerprint density at radius 2 is 2.02 bits per heavy atom. The van der Waals surface area contributed by atoms with Crippen LogP contribution in [-0.4, -0.2) is 76.5 Å². The van der Waals surface area contributed by atoms with Crippen LogP contribution in [0.5, 0.6) is 0 Å². The quantitative estimate of drug-likeness (QED) is 0.315. The van der Waals surface area contributed by atoms with Gasteiger partial charge in [0.25, 0.3) is 5.56 Å². The van der Waals surface area contributed by atoms with E-state index < -0.39 is 41.5 Å². The first-order valence-electron chi connectivity index (χ1n) is 13.9. The molecule has 8 rings (SSSR count). The Morgan fingerprint density at radius 1 is 1.17 bits per heavy atom. The van der Waals surface area contributed by atoms with Gasteiger partial charge < -0.3 is 14.9 Å². The minimum atomic E-state index is -1.10. The number of aliphatic hydroxyl groups excluding tert-OH is 2. The van der Waals surface area contributed by atoms with Crippen LogP contribution in [0.25, 0.3) is 10.9 Å². The molecule has 3 N–H and O–H groups in total. The van der Waals surface area contributed by atoms with Gasteiger partial charge in [0.2, 0.25) is 5.82 Å². The van der Waals surface area contributed by atoms with Crippen LogP contribution in [0.2, 0.25) is 0 Å². The summed E-state index contributed by atoms with van der Waals surface area (Å²) in [6.07, 6.45) is 4.26. The van der Waals surface area contributed by atoms with Gasteiger partial charge in [-0.15, -0.1) is 5.10 Å². The second kappa shape index (κ2) is 10.2. The predicted octanol–water partition coefficient (Wildman–Crippen LogP) is 1.25. The highest BCUT2D eigenvalue weighted by Gasteiger charge is 2.45. The van der Waals surface area contributed by atoms with Gasteiger partial charge in [-0.25, -0.2) is 9.48 Å². The summed E-state index contributed by atoms with van der Waals surface area (Å²) in [7, 11) is 0. The molecule has 4 aromatic rings. The maximum Gasteiger partial charge on any atom is 0.330 e. The van der Waals surface area contributed by atoms with E-state index in [-0.39, 0.29) is 25.0 Å². The van der Waals surface area contributed by atoms with E-state index in [1.807, 2.05) is 41.5 Å². The highest BCUT2D eigenvalue weighted by molar-refractivity contribution is 5.82. The van der Waals surface area contributed by atoms with Gasteiger partial charge in [-0.3, -0.25) is 24.2 Å². The van der Waals surface area contributed by atoms with E-state index in [0.717, 1.165) is 58.9 Å². The van der Waals surface area contributed by atoms with Gasteiger partial charge in [0.15, 0.2) is 0 Å². The van der Waals surface area contributed by atoms with Gasteiger partial charge in [0.05, 0.1) is 36.2 Å². The van der Waals surface area contributed by atoms with Crippen molar-refractivity contribution in [1.82, 2.24) is 34.4 Å². The number of para-hydroxylation sites is 1. The summed E-state index contributed by atoms with van der Waals surface area (Å²) in [5.41, 5.74) is 0.699. The highest BCUT2D eigenvalue weighted by Crippen LogP contribution is 2.45. The van der Waals surface area contributed by atoms with Crippen LogP contribution < -0.4 is 11.2 Å². The summed E-state index contributed by atoms with van der Waals surface area (Å²) in [6, 6.07) is 9.31. The van der Waals surface area contributed by atoms with E-state index in [0.29, 0.717) is 5.92 Å². The van der Waals surface area contributed by atoms with Gasteiger partial charge in [0.1, 0.15) is 12.3 Å². The Hall–Kier alpha value is -3.78. The third-order valence-corrected chi connectivity index (χ3v) is 9.03. The number of hydrogen-bond acceptors (Lipinski definition) is 9. The Balaban J connectivity index is 1.09. The smallest absolute Gasteiger partial charge is 0.330 e. The lowest BCUT2D eigenvalue weighted by molar-refractivity contribution is -0.0382. The van der Waals surface area contributed by atoms with Crippen LogP contribution in [0.15, 0.2) is 58.5 Å². The molecule has 41 heavy (non-hydrogen) atoms. The Kier molecular flexibility index (Phi) is 6.53. The number of aliphatic hydroxyl groups is 2. The van der Waals surface area contributed by atoms with Crippen LogP contribution in [-0.2, 0) is 4.74 Å². The molecule has 4 fully saturated rings. The fraction of sp³-hybridized carbons (Fsp3) is 0.464. The highest BCUT2D eigenvalue weighted by atomic mass is 19.1. The van der Waals surface area contributed by atoms with Crippen molar-refractivity contribution in [2.24, 2.45) is 5.92 Å². The number of halogens is 1. The van der Waals surface area contributed by atoms with Crippen molar-refractivity contribution in [1.29, 1.82) is 0 Å². The summed E-state index contributed by atoms with van der Waals surface area (Å²) in [6.45, 7) is 1.31. The molecule has 0 saturated carbocycles. The Morgan fingerprint density at radius 3 is 2.83 bits per heavy atom. The van der Waals surface area contributed by atoms with Crippen molar-refractivity contribution in [2.75, 3.05) is 19.7 Å². The summed E-state index contributed by atoms with van der Waals surface area (Å²) in [5, 5.41) is 31.3. The molecule has 214 valence electrons. The van der Waals surface area contributed by atoms with Gasteiger partial charge in [0, 0.05) is 42.7 Å². The number of nitrogens with zero attached hydrogens (tertiary/aromatic N) is 6. The number of fused-ring (bicyclic) bond motifs is 4. The number of aromatic amines is 1. The maximum atomic E-state index is 13.9. The predicted molar refractivity (Wildman–Crippen MR) is 143 cm³/mol. The zero-order valence-corrected chi connectivity index (χ0v) is 22.1. The number of aromatic nitrogens is 6. The zero-order valence-electron chi connectivity index (χ0n) is 22.1. The van der Waals surface area contributed by atoms with E-state index in [1.54, 1.807) is 10.9 Å². The molecular formula is C28H30FN7O5. The number of benzene rings is 1. The lowest BCUT2D eigenvalue weighted by atomic mass is 9.72. The molecule has 1 aromatic carbocycles. The molecule has 12 nitrogen and oxygen atoms in total. The first kappa shape index (κ1) is 26.1. The Bertz CT molecular complexity index is 1700. The van der Waals surface area contributed by atoms with Crippen molar-refractivity contribution in [3.05, 3.63) is 86.8 Å². The lowest BCUT2D eigenvalue weighted by Gasteiger charge is -2.50. The molecule has 0 amide bonds. The number of pyridine rings is 1. The molecular weight excluding hydrogens is 533 g/mol. The SMILES string of the molecule is O=c1[nH]c(=O)n(C2CC(n3cc(C4CN5CCC4C[C@H]5[C@H](O)c4ccnc5ccccc45)nn3)C(CO)O2)cc1F. The summed E-state index contributed by atoms with van der Waals surface area (Å²) in [5.74, 6) is -0.637. The monoisotopic (exact) mass is 563 g/mol. The van der Waals surface area contributed by atoms with Crippen LogP contribution in [0.4, 0.5) is 4.39 Å². The molecule has 4 aliphatic heterocycles. The first-order valence-corrected chi connectivity index (χ1v) is 13.9. The molecule has 13 heteroatoms. The van der Waals surface area contributed by atoms with Gasteiger partial charge in [-0.2, -0.15) is 4.39 Å². The molecule has 4 saturated heterocycles. The Labute approximate surface area is 233 Å². The van der Waals surface area contributed by atoms with E-state index in [4.69, 9.17) is 4.74 Å². The van der Waals surface area contributed by atoms with Crippen molar-refractivity contribution >= 4 is 10.9 Å². The molecule has 0 radical (unpaired) electrons. The molecule has 0 aliphatic carbocycles. The minimum absolute atomic E-state index is 0.00960. The van der Waals surface area contributed by atoms with Crippen LogP contribution in [0.3, 0.4) is 0 Å².